The maximum Gasteiger partial charge on any atom is 0.246 e. The summed E-state index contributed by atoms with van der Waals surface area (Å²) in [5.74, 6) is 0.0253. The topological polar surface area (TPSA) is 119 Å². The Bertz CT molecular complexity index is 603. The molecule has 1 unspecified atom stereocenters. The third-order valence-corrected chi connectivity index (χ3v) is 3.94. The summed E-state index contributed by atoms with van der Waals surface area (Å²) in [6, 6.07) is -0.293. The number of nitrogens with zero attached hydrogens (tertiary/aromatic N) is 3. The molecule has 0 aliphatic carbocycles. The molecule has 0 aliphatic heterocycles. The van der Waals surface area contributed by atoms with Crippen LogP contribution in [0.1, 0.15) is 6.92 Å². The lowest BCUT2D eigenvalue weighted by Gasteiger charge is -2.14. The van der Waals surface area contributed by atoms with Crippen molar-refractivity contribution in [3.05, 3.63) is 24.9 Å². The van der Waals surface area contributed by atoms with Gasteiger partial charge in [0.05, 0.1) is 12.5 Å². The fourth-order valence-electron chi connectivity index (χ4n) is 1.58. The molecule has 8 nitrogen and oxygen atoms in total. The number of aromatic amines is 1. The van der Waals surface area contributed by atoms with Gasteiger partial charge in [0.2, 0.25) is 10.0 Å². The minimum atomic E-state index is -3.65. The van der Waals surface area contributed by atoms with E-state index in [1.165, 1.54) is 6.20 Å². The van der Waals surface area contributed by atoms with Crippen LogP contribution in [0.2, 0.25) is 0 Å². The first-order chi connectivity index (χ1) is 8.49. The van der Waals surface area contributed by atoms with Gasteiger partial charge in [-0.1, -0.05) is 0 Å². The average molecular weight is 270 g/mol. The Morgan fingerprint density at radius 2 is 2.39 bits per heavy atom. The normalized spacial score (nSPS) is 13.6. The fourth-order valence-corrected chi connectivity index (χ4v) is 2.83. The zero-order chi connectivity index (χ0) is 13.2. The molecule has 0 spiro atoms. The van der Waals surface area contributed by atoms with Crippen LogP contribution >= 0.6 is 0 Å². The number of nitrogens with two attached hydrogens (primary N) is 1. The summed E-state index contributed by atoms with van der Waals surface area (Å²) < 4.78 is 28.3. The molecular formula is C9H14N6O2S. The monoisotopic (exact) mass is 270 g/mol. The van der Waals surface area contributed by atoms with Crippen molar-refractivity contribution in [3.63, 3.8) is 0 Å². The van der Waals surface area contributed by atoms with Crippen LogP contribution in [0, 0.1) is 0 Å². The summed E-state index contributed by atoms with van der Waals surface area (Å²) in [5.41, 5.74) is 5.49. The molecule has 1 atom stereocenters. The van der Waals surface area contributed by atoms with Gasteiger partial charge in [-0.15, -0.1) is 0 Å². The van der Waals surface area contributed by atoms with Gasteiger partial charge in [0.15, 0.2) is 0 Å². The summed E-state index contributed by atoms with van der Waals surface area (Å²) in [4.78, 5) is 3.84. The van der Waals surface area contributed by atoms with Crippen molar-refractivity contribution >= 4 is 15.8 Å². The van der Waals surface area contributed by atoms with Crippen molar-refractivity contribution in [2.45, 2.75) is 24.4 Å². The lowest BCUT2D eigenvalue weighted by atomic mass is 10.4. The smallest absolute Gasteiger partial charge is 0.246 e. The molecule has 4 N–H and O–H groups in total. The number of hydrogen-bond acceptors (Lipinski definition) is 5. The molecule has 0 bridgehead atoms. The third kappa shape index (κ3) is 2.68. The van der Waals surface area contributed by atoms with E-state index in [1.807, 2.05) is 0 Å². The van der Waals surface area contributed by atoms with E-state index in [1.54, 1.807) is 30.2 Å². The van der Waals surface area contributed by atoms with Gasteiger partial charge in [0, 0.05) is 25.0 Å². The lowest BCUT2D eigenvalue weighted by Crippen LogP contribution is -2.35. The maximum absolute atomic E-state index is 12.0. The highest BCUT2D eigenvalue weighted by atomic mass is 32.2. The number of aromatic nitrogens is 4. The van der Waals surface area contributed by atoms with Crippen LogP contribution < -0.4 is 10.5 Å². The Morgan fingerprint density at radius 1 is 1.61 bits per heavy atom. The van der Waals surface area contributed by atoms with E-state index in [0.717, 1.165) is 0 Å². The van der Waals surface area contributed by atoms with Crippen LogP contribution in [0.15, 0.2) is 29.8 Å². The van der Waals surface area contributed by atoms with Gasteiger partial charge in [0.1, 0.15) is 10.7 Å². The van der Waals surface area contributed by atoms with Gasteiger partial charge in [-0.05, 0) is 6.92 Å². The van der Waals surface area contributed by atoms with Crippen molar-refractivity contribution in [1.82, 2.24) is 24.5 Å². The van der Waals surface area contributed by atoms with Gasteiger partial charge in [-0.3, -0.25) is 5.10 Å². The molecule has 0 amide bonds. The predicted octanol–water partition coefficient (Wildman–Crippen LogP) is -0.445. The number of anilines is 1. The molecule has 0 saturated carbocycles. The Hall–Kier alpha value is -1.87. The summed E-state index contributed by atoms with van der Waals surface area (Å²) in [6.45, 7) is 2.24. The fraction of sp³-hybridized carbons (Fsp3) is 0.333. The molecule has 18 heavy (non-hydrogen) atoms. The van der Waals surface area contributed by atoms with Gasteiger partial charge in [-0.2, -0.15) is 5.10 Å². The molecule has 0 aliphatic rings. The highest BCUT2D eigenvalue weighted by molar-refractivity contribution is 7.89. The Kier molecular flexibility index (Phi) is 3.34. The van der Waals surface area contributed by atoms with E-state index in [2.05, 4.69) is 19.9 Å². The predicted molar refractivity (Wildman–Crippen MR) is 65.0 cm³/mol. The van der Waals surface area contributed by atoms with Crippen LogP contribution in [-0.2, 0) is 16.6 Å². The molecule has 2 aromatic rings. The molecule has 0 radical (unpaired) electrons. The summed E-state index contributed by atoms with van der Waals surface area (Å²) in [5, 5.41) is 5.97. The zero-order valence-corrected chi connectivity index (χ0v) is 10.6. The van der Waals surface area contributed by atoms with Crippen LogP contribution in [0.3, 0.4) is 0 Å². The molecule has 2 aromatic heterocycles. The summed E-state index contributed by atoms with van der Waals surface area (Å²) in [7, 11) is -3.65. The van der Waals surface area contributed by atoms with Gasteiger partial charge >= 0.3 is 0 Å². The Morgan fingerprint density at radius 3 is 2.94 bits per heavy atom. The highest BCUT2D eigenvalue weighted by Crippen LogP contribution is 2.14. The number of rotatable bonds is 5. The van der Waals surface area contributed by atoms with Gasteiger partial charge in [-0.25, -0.2) is 18.1 Å². The lowest BCUT2D eigenvalue weighted by molar-refractivity contribution is 0.520. The van der Waals surface area contributed by atoms with Crippen LogP contribution in [0.25, 0.3) is 0 Å². The molecule has 9 heteroatoms. The number of imidazole rings is 1. The summed E-state index contributed by atoms with van der Waals surface area (Å²) in [6.07, 6.45) is 6.20. The number of sulfonamides is 1. The summed E-state index contributed by atoms with van der Waals surface area (Å²) >= 11 is 0. The van der Waals surface area contributed by atoms with E-state index >= 15 is 0 Å². The first-order valence-electron chi connectivity index (χ1n) is 5.26. The van der Waals surface area contributed by atoms with Crippen LogP contribution in [-0.4, -0.2) is 34.2 Å². The van der Waals surface area contributed by atoms with E-state index in [9.17, 15) is 8.42 Å². The molecule has 98 valence electrons. The van der Waals surface area contributed by atoms with Crippen molar-refractivity contribution in [3.8, 4) is 0 Å². The van der Waals surface area contributed by atoms with Crippen LogP contribution in [0.5, 0.6) is 0 Å². The number of H-pyrrole nitrogens is 1. The third-order valence-electron chi connectivity index (χ3n) is 2.32. The number of hydrogen-bond donors (Lipinski definition) is 3. The van der Waals surface area contributed by atoms with Crippen molar-refractivity contribution < 1.29 is 8.42 Å². The van der Waals surface area contributed by atoms with E-state index in [4.69, 9.17) is 5.73 Å². The minimum absolute atomic E-state index is 0.0253. The standard InChI is InChI=1S/C9H14N6O2S/c1-7(5-15-3-2-11-6-15)14-18(16,17)8-4-12-13-9(8)10/h2-4,6-7,14H,5H2,1H3,(H3,10,12,13). The minimum Gasteiger partial charge on any atom is -0.383 e. The largest absolute Gasteiger partial charge is 0.383 e. The Balaban J connectivity index is 2.07. The quantitative estimate of drug-likeness (QED) is 0.680. The molecule has 0 fully saturated rings. The highest BCUT2D eigenvalue weighted by Gasteiger charge is 2.21. The molecule has 2 heterocycles. The van der Waals surface area contributed by atoms with Crippen LogP contribution in [0.4, 0.5) is 5.82 Å². The maximum atomic E-state index is 12.0. The first kappa shape index (κ1) is 12.6. The zero-order valence-electron chi connectivity index (χ0n) is 9.74. The molecule has 0 saturated heterocycles. The van der Waals surface area contributed by atoms with Crippen molar-refractivity contribution in [1.29, 1.82) is 0 Å². The van der Waals surface area contributed by atoms with E-state index in [0.29, 0.717) is 6.54 Å². The van der Waals surface area contributed by atoms with E-state index in [-0.39, 0.29) is 16.8 Å². The SMILES string of the molecule is CC(Cn1ccnc1)NS(=O)(=O)c1cn[nH]c1N. The molecule has 0 aromatic carbocycles. The van der Waals surface area contributed by atoms with Crippen molar-refractivity contribution in [2.75, 3.05) is 5.73 Å². The number of nitrogen functional groups attached to an aromatic ring is 1. The average Bonchev–Trinajstić information content (AvgIpc) is 2.88. The number of nitrogens with one attached hydrogen (secondary N) is 2. The molecule has 2 rings (SSSR count). The first-order valence-corrected chi connectivity index (χ1v) is 6.74. The second-order valence-corrected chi connectivity index (χ2v) is 5.61. The second kappa shape index (κ2) is 4.78. The van der Waals surface area contributed by atoms with Gasteiger partial charge in [0.25, 0.3) is 0 Å². The van der Waals surface area contributed by atoms with Crippen molar-refractivity contribution in [2.24, 2.45) is 0 Å². The van der Waals surface area contributed by atoms with Gasteiger partial charge < -0.3 is 10.3 Å². The second-order valence-electron chi connectivity index (χ2n) is 3.93. The molecular weight excluding hydrogens is 256 g/mol. The van der Waals surface area contributed by atoms with E-state index < -0.39 is 10.0 Å². The Labute approximate surface area is 104 Å².